The molecule has 3 heterocycles. The highest BCUT2D eigenvalue weighted by molar-refractivity contribution is 5.05. The predicted molar refractivity (Wildman–Crippen MR) is 91.4 cm³/mol. The summed E-state index contributed by atoms with van der Waals surface area (Å²) in [4.78, 5) is 0. The summed E-state index contributed by atoms with van der Waals surface area (Å²) in [5.41, 5.74) is 2.15. The lowest BCUT2D eigenvalue weighted by atomic mass is 9.85. The Bertz CT molecular complexity index is 647. The molecule has 0 spiro atoms. The van der Waals surface area contributed by atoms with E-state index in [1.54, 1.807) is 0 Å². The van der Waals surface area contributed by atoms with Crippen LogP contribution < -0.4 is 10.6 Å². The Labute approximate surface area is 142 Å². The largest absolute Gasteiger partial charge is 0.316 e. The van der Waals surface area contributed by atoms with Gasteiger partial charge in [0.2, 0.25) is 0 Å². The van der Waals surface area contributed by atoms with Crippen LogP contribution in [0.1, 0.15) is 43.4 Å². The molecule has 2 aromatic rings. The second kappa shape index (κ2) is 7.03. The highest BCUT2D eigenvalue weighted by Crippen LogP contribution is 2.33. The van der Waals surface area contributed by atoms with E-state index < -0.39 is 0 Å². The van der Waals surface area contributed by atoms with Gasteiger partial charge in [-0.05, 0) is 32.2 Å². The number of rotatable bonds is 6. The van der Waals surface area contributed by atoms with Gasteiger partial charge in [-0.3, -0.25) is 9.36 Å². The molecule has 130 valence electrons. The van der Waals surface area contributed by atoms with E-state index in [4.69, 9.17) is 0 Å². The van der Waals surface area contributed by atoms with Crippen LogP contribution >= 0.6 is 0 Å². The van der Waals surface area contributed by atoms with Gasteiger partial charge in [-0.1, -0.05) is 18.1 Å². The minimum atomic E-state index is 0.541. The molecule has 2 aromatic heterocycles. The third kappa shape index (κ3) is 3.52. The maximum absolute atomic E-state index is 4.38. The second-order valence-electron chi connectivity index (χ2n) is 7.26. The smallest absolute Gasteiger partial charge is 0.104 e. The van der Waals surface area contributed by atoms with Gasteiger partial charge in [0.15, 0.2) is 0 Å². The minimum absolute atomic E-state index is 0.541. The number of hydrogen-bond acceptors (Lipinski definition) is 5. The van der Waals surface area contributed by atoms with Crippen molar-refractivity contribution in [3.63, 3.8) is 0 Å². The third-order valence-electron chi connectivity index (χ3n) is 5.33. The monoisotopic (exact) mass is 329 g/mol. The van der Waals surface area contributed by atoms with Gasteiger partial charge >= 0.3 is 0 Å². The molecular weight excluding hydrogens is 302 g/mol. The van der Waals surface area contributed by atoms with Crippen LogP contribution in [0.4, 0.5) is 0 Å². The Kier molecular flexibility index (Phi) is 4.62. The zero-order valence-electron chi connectivity index (χ0n) is 14.4. The molecule has 1 aliphatic heterocycles. The molecular formula is C17H27N7. The van der Waals surface area contributed by atoms with Crippen molar-refractivity contribution in [3.8, 4) is 0 Å². The maximum Gasteiger partial charge on any atom is 0.104 e. The summed E-state index contributed by atoms with van der Waals surface area (Å²) in [5.74, 6) is 0.876. The summed E-state index contributed by atoms with van der Waals surface area (Å²) < 4.78 is 3.91. The molecule has 1 saturated carbocycles. The average Bonchev–Trinajstić information content (AvgIpc) is 3.28. The van der Waals surface area contributed by atoms with Gasteiger partial charge in [0.05, 0.1) is 25.5 Å². The molecule has 0 radical (unpaired) electrons. The van der Waals surface area contributed by atoms with Gasteiger partial charge in [-0.2, -0.15) is 5.10 Å². The fourth-order valence-electron chi connectivity index (χ4n) is 4.25. The van der Waals surface area contributed by atoms with E-state index in [0.717, 1.165) is 30.7 Å². The predicted octanol–water partition coefficient (Wildman–Crippen LogP) is 1.16. The van der Waals surface area contributed by atoms with Crippen molar-refractivity contribution in [1.82, 2.24) is 35.4 Å². The van der Waals surface area contributed by atoms with Crippen molar-refractivity contribution in [2.45, 2.75) is 63.8 Å². The van der Waals surface area contributed by atoms with Crippen LogP contribution in [0.15, 0.2) is 18.6 Å². The van der Waals surface area contributed by atoms with Gasteiger partial charge in [0, 0.05) is 30.4 Å². The zero-order chi connectivity index (χ0) is 16.4. The van der Waals surface area contributed by atoms with Gasteiger partial charge in [0.1, 0.15) is 5.69 Å². The maximum atomic E-state index is 4.38. The van der Waals surface area contributed by atoms with Crippen molar-refractivity contribution in [1.29, 1.82) is 0 Å². The normalized spacial score (nSPS) is 26.6. The fraction of sp³-hybridized carbons (Fsp3) is 0.706. The van der Waals surface area contributed by atoms with E-state index in [-0.39, 0.29) is 0 Å². The van der Waals surface area contributed by atoms with Crippen molar-refractivity contribution in [2.75, 3.05) is 7.05 Å². The van der Waals surface area contributed by atoms with Gasteiger partial charge in [-0.15, -0.1) is 5.10 Å². The first-order valence-corrected chi connectivity index (χ1v) is 9.11. The Hall–Kier alpha value is -1.73. The third-order valence-corrected chi connectivity index (χ3v) is 5.33. The molecule has 24 heavy (non-hydrogen) atoms. The van der Waals surface area contributed by atoms with Crippen LogP contribution in [0.5, 0.6) is 0 Å². The summed E-state index contributed by atoms with van der Waals surface area (Å²) in [5, 5.41) is 19.9. The van der Waals surface area contributed by atoms with Crippen LogP contribution in [-0.4, -0.2) is 43.9 Å². The second-order valence-corrected chi connectivity index (χ2v) is 7.26. The number of nitrogens with zero attached hydrogens (tertiary/aromatic N) is 5. The quantitative estimate of drug-likeness (QED) is 0.832. The summed E-state index contributed by atoms with van der Waals surface area (Å²) in [6.45, 7) is 2.43. The molecule has 2 N–H and O–H groups in total. The minimum Gasteiger partial charge on any atom is -0.316 e. The standard InChI is InChI=1S/C17H27N7/c1-18-7-13-8-19-23(9-13)11-16-12-24(22-21-16)10-15-6-14-4-2-3-5-17(14)20-15/h8-9,12,14-15,17-18,20H,2-7,10-11H2,1H3/t14-,15-,17-/m0/s1. The Morgan fingerprint density at radius 2 is 2.17 bits per heavy atom. The Balaban J connectivity index is 1.33. The first kappa shape index (κ1) is 15.8. The Morgan fingerprint density at radius 3 is 3.04 bits per heavy atom. The van der Waals surface area contributed by atoms with Crippen LogP contribution in [0.25, 0.3) is 0 Å². The first-order chi connectivity index (χ1) is 11.8. The molecule has 4 rings (SSSR count). The van der Waals surface area contributed by atoms with E-state index in [0.29, 0.717) is 12.6 Å². The SMILES string of the molecule is CNCc1cnn(Cc2cn(C[C@@H]3C[C@@H]4CCCC[C@@H]4N3)nn2)c1. The van der Waals surface area contributed by atoms with Crippen molar-refractivity contribution >= 4 is 0 Å². The van der Waals surface area contributed by atoms with Crippen molar-refractivity contribution in [3.05, 3.63) is 29.8 Å². The number of aromatic nitrogens is 5. The van der Waals surface area contributed by atoms with Gasteiger partial charge in [-0.25, -0.2) is 0 Å². The summed E-state index contributed by atoms with van der Waals surface area (Å²) >= 11 is 0. The summed E-state index contributed by atoms with van der Waals surface area (Å²) in [6.07, 6.45) is 12.8. The van der Waals surface area contributed by atoms with Crippen LogP contribution in [0.3, 0.4) is 0 Å². The lowest BCUT2D eigenvalue weighted by Gasteiger charge is -2.24. The lowest BCUT2D eigenvalue weighted by Crippen LogP contribution is -2.35. The van der Waals surface area contributed by atoms with Crippen LogP contribution in [0.2, 0.25) is 0 Å². The summed E-state index contributed by atoms with van der Waals surface area (Å²) in [7, 11) is 1.94. The van der Waals surface area contributed by atoms with E-state index in [2.05, 4.69) is 38.4 Å². The van der Waals surface area contributed by atoms with E-state index in [1.807, 2.05) is 22.6 Å². The molecule has 0 amide bonds. The van der Waals surface area contributed by atoms with E-state index in [1.165, 1.54) is 37.7 Å². The van der Waals surface area contributed by atoms with Gasteiger partial charge in [0.25, 0.3) is 0 Å². The molecule has 1 saturated heterocycles. The molecule has 7 nitrogen and oxygen atoms in total. The molecule has 3 atom stereocenters. The number of fused-ring (bicyclic) bond motifs is 1. The van der Waals surface area contributed by atoms with Crippen molar-refractivity contribution < 1.29 is 0 Å². The van der Waals surface area contributed by atoms with Crippen molar-refractivity contribution in [2.24, 2.45) is 5.92 Å². The Morgan fingerprint density at radius 1 is 1.25 bits per heavy atom. The fourth-order valence-corrected chi connectivity index (χ4v) is 4.25. The molecule has 2 aliphatic rings. The number of nitrogens with one attached hydrogen (secondary N) is 2. The topological polar surface area (TPSA) is 72.6 Å². The molecule has 2 fully saturated rings. The number of hydrogen-bond donors (Lipinski definition) is 2. The van der Waals surface area contributed by atoms with E-state index in [9.17, 15) is 0 Å². The average molecular weight is 329 g/mol. The molecule has 0 unspecified atom stereocenters. The van der Waals surface area contributed by atoms with Crippen LogP contribution in [-0.2, 0) is 19.6 Å². The van der Waals surface area contributed by atoms with Crippen LogP contribution in [0, 0.1) is 5.92 Å². The highest BCUT2D eigenvalue weighted by atomic mass is 15.4. The lowest BCUT2D eigenvalue weighted by molar-refractivity contribution is 0.325. The highest BCUT2D eigenvalue weighted by Gasteiger charge is 2.35. The van der Waals surface area contributed by atoms with E-state index >= 15 is 0 Å². The molecule has 0 aromatic carbocycles. The summed E-state index contributed by atoms with van der Waals surface area (Å²) in [6, 6.07) is 1.28. The van der Waals surface area contributed by atoms with Gasteiger partial charge < -0.3 is 10.6 Å². The zero-order valence-corrected chi connectivity index (χ0v) is 14.4. The first-order valence-electron chi connectivity index (χ1n) is 9.11. The molecule has 7 heteroatoms. The molecule has 0 bridgehead atoms. The molecule has 1 aliphatic carbocycles.